The van der Waals surface area contributed by atoms with Crippen molar-refractivity contribution in [1.29, 1.82) is 0 Å². The van der Waals surface area contributed by atoms with Gasteiger partial charge in [-0.15, -0.1) is 0 Å². The maximum absolute atomic E-state index is 10.7. The molecular weight excluding hydrogens is 238 g/mol. The van der Waals surface area contributed by atoms with Crippen LogP contribution in [0.3, 0.4) is 0 Å². The normalized spacial score (nSPS) is 23.0. The van der Waals surface area contributed by atoms with Gasteiger partial charge in [0.05, 0.1) is 18.8 Å². The van der Waals surface area contributed by atoms with Crippen LogP contribution in [0.25, 0.3) is 0 Å². The minimum Gasteiger partial charge on any atom is -0.385 e. The van der Waals surface area contributed by atoms with Crippen molar-refractivity contribution >= 4 is 0 Å². The molecule has 1 fully saturated rings. The summed E-state index contributed by atoms with van der Waals surface area (Å²) in [4.78, 5) is 0. The van der Waals surface area contributed by atoms with Crippen molar-refractivity contribution < 1.29 is 9.84 Å². The minimum atomic E-state index is -0.802. The summed E-state index contributed by atoms with van der Waals surface area (Å²) < 4.78 is 5.44. The van der Waals surface area contributed by atoms with Crippen LogP contribution in [0.15, 0.2) is 24.3 Å². The van der Waals surface area contributed by atoms with Gasteiger partial charge in [-0.1, -0.05) is 37.6 Å². The van der Waals surface area contributed by atoms with Crippen LogP contribution in [-0.4, -0.2) is 30.9 Å². The average molecular weight is 263 g/mol. The molecule has 2 atom stereocenters. The predicted octanol–water partition coefficient (Wildman–Crippen LogP) is 2.23. The standard InChI is InChI=1S/C16H25NO2/c1-3-4-13-5-7-14(8-6-13)16(2,18)11-15-12-19-10-9-17-15/h5-8,15,17-18H,3-4,9-12H2,1-2H3. The number of hydrogen-bond acceptors (Lipinski definition) is 3. The van der Waals surface area contributed by atoms with Crippen LogP contribution in [0.4, 0.5) is 0 Å². The number of rotatable bonds is 5. The summed E-state index contributed by atoms with van der Waals surface area (Å²) >= 11 is 0. The third-order valence-electron chi connectivity index (χ3n) is 3.76. The topological polar surface area (TPSA) is 41.5 Å². The number of nitrogens with one attached hydrogen (secondary N) is 1. The summed E-state index contributed by atoms with van der Waals surface area (Å²) in [5.41, 5.74) is 1.52. The Morgan fingerprint density at radius 2 is 2.11 bits per heavy atom. The lowest BCUT2D eigenvalue weighted by atomic mass is 9.88. The van der Waals surface area contributed by atoms with Gasteiger partial charge in [0.15, 0.2) is 0 Å². The van der Waals surface area contributed by atoms with Gasteiger partial charge in [-0.3, -0.25) is 0 Å². The first-order valence-corrected chi connectivity index (χ1v) is 7.25. The molecule has 2 unspecified atom stereocenters. The molecule has 0 radical (unpaired) electrons. The fourth-order valence-electron chi connectivity index (χ4n) is 2.67. The van der Waals surface area contributed by atoms with Gasteiger partial charge in [0.2, 0.25) is 0 Å². The zero-order valence-corrected chi connectivity index (χ0v) is 12.0. The Kier molecular flexibility index (Phi) is 4.97. The molecule has 2 rings (SSSR count). The first-order valence-electron chi connectivity index (χ1n) is 7.25. The molecule has 2 N–H and O–H groups in total. The van der Waals surface area contributed by atoms with Gasteiger partial charge in [0, 0.05) is 12.6 Å². The molecule has 3 nitrogen and oxygen atoms in total. The zero-order chi connectivity index (χ0) is 13.7. The van der Waals surface area contributed by atoms with Crippen molar-refractivity contribution in [2.75, 3.05) is 19.8 Å². The Morgan fingerprint density at radius 1 is 1.37 bits per heavy atom. The molecule has 0 amide bonds. The number of hydrogen-bond donors (Lipinski definition) is 2. The van der Waals surface area contributed by atoms with Gasteiger partial charge in [-0.25, -0.2) is 0 Å². The summed E-state index contributed by atoms with van der Waals surface area (Å²) in [6.45, 7) is 6.39. The molecule has 1 aromatic rings. The summed E-state index contributed by atoms with van der Waals surface area (Å²) in [7, 11) is 0. The van der Waals surface area contributed by atoms with Crippen LogP contribution < -0.4 is 5.32 Å². The van der Waals surface area contributed by atoms with E-state index in [1.807, 2.05) is 6.92 Å². The molecule has 1 heterocycles. The Labute approximate surface area is 116 Å². The van der Waals surface area contributed by atoms with E-state index in [0.29, 0.717) is 13.0 Å². The zero-order valence-electron chi connectivity index (χ0n) is 12.0. The molecule has 1 saturated heterocycles. The highest BCUT2D eigenvalue weighted by Crippen LogP contribution is 2.27. The van der Waals surface area contributed by atoms with E-state index < -0.39 is 5.60 Å². The fraction of sp³-hybridized carbons (Fsp3) is 0.625. The van der Waals surface area contributed by atoms with Crippen LogP contribution in [0.2, 0.25) is 0 Å². The number of aliphatic hydroxyl groups is 1. The smallest absolute Gasteiger partial charge is 0.0884 e. The second kappa shape index (κ2) is 6.51. The number of morpholine rings is 1. The van der Waals surface area contributed by atoms with E-state index in [4.69, 9.17) is 4.74 Å². The van der Waals surface area contributed by atoms with Crippen molar-refractivity contribution in [1.82, 2.24) is 5.32 Å². The SMILES string of the molecule is CCCc1ccc(C(C)(O)CC2COCCN2)cc1. The minimum absolute atomic E-state index is 0.235. The van der Waals surface area contributed by atoms with E-state index in [2.05, 4.69) is 36.5 Å². The van der Waals surface area contributed by atoms with E-state index in [9.17, 15) is 5.11 Å². The largest absolute Gasteiger partial charge is 0.385 e. The van der Waals surface area contributed by atoms with Gasteiger partial charge < -0.3 is 15.2 Å². The predicted molar refractivity (Wildman–Crippen MR) is 77.2 cm³/mol. The molecule has 0 bridgehead atoms. The van der Waals surface area contributed by atoms with Crippen molar-refractivity contribution in [2.24, 2.45) is 0 Å². The third kappa shape index (κ3) is 4.03. The molecule has 0 aliphatic carbocycles. The molecule has 3 heteroatoms. The molecule has 0 saturated carbocycles. The first kappa shape index (κ1) is 14.5. The van der Waals surface area contributed by atoms with Gasteiger partial charge in [0.1, 0.15) is 0 Å². The summed E-state index contributed by atoms with van der Waals surface area (Å²) in [6, 6.07) is 8.58. The van der Waals surface area contributed by atoms with Gasteiger partial charge >= 0.3 is 0 Å². The number of ether oxygens (including phenoxy) is 1. The highest BCUT2D eigenvalue weighted by molar-refractivity contribution is 5.27. The Hall–Kier alpha value is -0.900. The first-order chi connectivity index (χ1) is 9.12. The van der Waals surface area contributed by atoms with Gasteiger partial charge in [-0.2, -0.15) is 0 Å². The lowest BCUT2D eigenvalue weighted by Crippen LogP contribution is -2.45. The van der Waals surface area contributed by atoms with Crippen molar-refractivity contribution in [3.05, 3.63) is 35.4 Å². The van der Waals surface area contributed by atoms with E-state index >= 15 is 0 Å². The van der Waals surface area contributed by atoms with Crippen molar-refractivity contribution in [2.45, 2.75) is 44.8 Å². The lowest BCUT2D eigenvalue weighted by molar-refractivity contribution is 0.00321. The number of aryl methyl sites for hydroxylation is 1. The van der Waals surface area contributed by atoms with Crippen LogP contribution in [0.1, 0.15) is 37.8 Å². The Balaban J connectivity index is 2.00. The summed E-state index contributed by atoms with van der Waals surface area (Å²) in [5, 5.41) is 14.1. The molecule has 1 aliphatic heterocycles. The fourth-order valence-corrected chi connectivity index (χ4v) is 2.67. The summed E-state index contributed by atoms with van der Waals surface area (Å²) in [6.07, 6.45) is 2.93. The highest BCUT2D eigenvalue weighted by atomic mass is 16.5. The van der Waals surface area contributed by atoms with Crippen LogP contribution in [-0.2, 0) is 16.8 Å². The third-order valence-corrected chi connectivity index (χ3v) is 3.76. The van der Waals surface area contributed by atoms with E-state index in [1.54, 1.807) is 0 Å². The van der Waals surface area contributed by atoms with Crippen LogP contribution in [0.5, 0.6) is 0 Å². The van der Waals surface area contributed by atoms with Gasteiger partial charge in [0.25, 0.3) is 0 Å². The van der Waals surface area contributed by atoms with Crippen molar-refractivity contribution in [3.63, 3.8) is 0 Å². The Morgan fingerprint density at radius 3 is 2.68 bits per heavy atom. The molecule has 1 aliphatic rings. The molecule has 1 aromatic carbocycles. The van der Waals surface area contributed by atoms with E-state index in [-0.39, 0.29) is 6.04 Å². The molecule has 0 aromatic heterocycles. The Bertz CT molecular complexity index is 380. The summed E-state index contributed by atoms with van der Waals surface area (Å²) in [5.74, 6) is 0. The lowest BCUT2D eigenvalue weighted by Gasteiger charge is -2.32. The molecule has 19 heavy (non-hydrogen) atoms. The maximum Gasteiger partial charge on any atom is 0.0884 e. The van der Waals surface area contributed by atoms with Crippen molar-refractivity contribution in [3.8, 4) is 0 Å². The second-order valence-electron chi connectivity index (χ2n) is 5.65. The molecule has 0 spiro atoms. The van der Waals surface area contributed by atoms with Crippen LogP contribution >= 0.6 is 0 Å². The molecule has 106 valence electrons. The maximum atomic E-state index is 10.7. The second-order valence-corrected chi connectivity index (χ2v) is 5.65. The van der Waals surface area contributed by atoms with Gasteiger partial charge in [-0.05, 0) is 30.9 Å². The quantitative estimate of drug-likeness (QED) is 0.856. The highest BCUT2D eigenvalue weighted by Gasteiger charge is 2.28. The number of benzene rings is 1. The van der Waals surface area contributed by atoms with E-state index in [0.717, 1.165) is 31.6 Å². The van der Waals surface area contributed by atoms with Crippen LogP contribution in [0, 0.1) is 0 Å². The van der Waals surface area contributed by atoms with E-state index in [1.165, 1.54) is 5.56 Å². The molecular formula is C16H25NO2. The monoisotopic (exact) mass is 263 g/mol. The average Bonchev–Trinajstić information content (AvgIpc) is 2.40.